The van der Waals surface area contributed by atoms with E-state index in [2.05, 4.69) is 18.6 Å². The van der Waals surface area contributed by atoms with E-state index >= 15 is 0 Å². The van der Waals surface area contributed by atoms with Gasteiger partial charge in [-0.3, -0.25) is 0 Å². The van der Waals surface area contributed by atoms with Gasteiger partial charge in [0.25, 0.3) is 0 Å². The van der Waals surface area contributed by atoms with Crippen LogP contribution >= 0.6 is 0 Å². The highest BCUT2D eigenvalue weighted by Crippen LogP contribution is 2.13. The van der Waals surface area contributed by atoms with Crippen LogP contribution in [-0.4, -0.2) is 37.6 Å². The molecule has 2 aliphatic rings. The fourth-order valence-corrected chi connectivity index (χ4v) is 2.76. The normalized spacial score (nSPS) is 17.0. The van der Waals surface area contributed by atoms with E-state index in [1.54, 1.807) is 0 Å². The van der Waals surface area contributed by atoms with E-state index in [9.17, 15) is 0 Å². The Balaban J connectivity index is 0.000000721. The fraction of sp³-hybridized carbons (Fsp3) is 1.00. The van der Waals surface area contributed by atoms with Crippen molar-refractivity contribution in [1.29, 1.82) is 0 Å². The lowest BCUT2D eigenvalue weighted by Crippen LogP contribution is -1.85. The molecule has 0 aromatic heterocycles. The average molecular weight is 373 g/mol. The zero-order valence-corrected chi connectivity index (χ0v) is 18.0. The van der Waals surface area contributed by atoms with Gasteiger partial charge in [-0.15, -0.1) is 0 Å². The van der Waals surface area contributed by atoms with Gasteiger partial charge in [0.15, 0.2) is 0 Å². The standard InChI is InChI=1S/C18H38O.C3H6O.C2H4O/c1-2-3-4-5-6-7-8-9-10-11-12-13-14-15-16-17-18-19;1-3-2-4-3;1-2-3-1/h19H,2-18H2,1H3;3H,2H2,1H3;1-2H2. The number of aliphatic hydroxyl groups excluding tert-OH is 1. The molecule has 3 nitrogen and oxygen atoms in total. The Morgan fingerprint density at radius 3 is 1.12 bits per heavy atom. The number of rotatable bonds is 16. The summed E-state index contributed by atoms with van der Waals surface area (Å²) in [5.74, 6) is 0. The summed E-state index contributed by atoms with van der Waals surface area (Å²) in [6.45, 7) is 7.70. The molecule has 2 rings (SSSR count). The Morgan fingerprint density at radius 2 is 0.923 bits per heavy atom. The van der Waals surface area contributed by atoms with E-state index < -0.39 is 0 Å². The highest BCUT2D eigenvalue weighted by Gasteiger charge is 2.13. The van der Waals surface area contributed by atoms with E-state index in [4.69, 9.17) is 9.84 Å². The van der Waals surface area contributed by atoms with Gasteiger partial charge in [0.2, 0.25) is 0 Å². The van der Waals surface area contributed by atoms with Gasteiger partial charge >= 0.3 is 0 Å². The molecule has 0 bridgehead atoms. The summed E-state index contributed by atoms with van der Waals surface area (Å²) >= 11 is 0. The molecule has 2 aliphatic heterocycles. The first-order valence-electron chi connectivity index (χ1n) is 11.6. The van der Waals surface area contributed by atoms with Crippen LogP contribution in [0.3, 0.4) is 0 Å². The molecule has 0 aliphatic carbocycles. The van der Waals surface area contributed by atoms with Crippen LogP contribution in [0.4, 0.5) is 0 Å². The van der Waals surface area contributed by atoms with Crippen LogP contribution in [0.5, 0.6) is 0 Å². The van der Waals surface area contributed by atoms with Crippen molar-refractivity contribution in [2.75, 3.05) is 26.4 Å². The first kappa shape index (κ1) is 25.9. The third kappa shape index (κ3) is 31.6. The number of epoxide rings is 2. The van der Waals surface area contributed by atoms with Crippen LogP contribution < -0.4 is 0 Å². The SMILES string of the molecule is C1CO1.CC1CO1.CCCCCCCCCCCCCCCCCCO. The molecule has 26 heavy (non-hydrogen) atoms. The summed E-state index contributed by atoms with van der Waals surface area (Å²) in [5.41, 5.74) is 0. The molecule has 1 unspecified atom stereocenters. The molecule has 3 heteroatoms. The largest absolute Gasteiger partial charge is 0.396 e. The predicted molar refractivity (Wildman–Crippen MR) is 113 cm³/mol. The smallest absolute Gasteiger partial charge is 0.0781 e. The van der Waals surface area contributed by atoms with Gasteiger partial charge in [0, 0.05) is 6.61 Å². The summed E-state index contributed by atoms with van der Waals surface area (Å²) in [5, 5.41) is 8.67. The summed E-state index contributed by atoms with van der Waals surface area (Å²) in [6, 6.07) is 0. The summed E-state index contributed by atoms with van der Waals surface area (Å²) < 4.78 is 9.21. The summed E-state index contributed by atoms with van der Waals surface area (Å²) in [6.07, 6.45) is 22.8. The lowest BCUT2D eigenvalue weighted by Gasteiger charge is -2.03. The van der Waals surface area contributed by atoms with Crippen LogP contribution in [0.1, 0.15) is 117 Å². The maximum atomic E-state index is 8.67. The highest BCUT2D eigenvalue weighted by atomic mass is 16.6. The van der Waals surface area contributed by atoms with Crippen LogP contribution in [-0.2, 0) is 9.47 Å². The van der Waals surface area contributed by atoms with Crippen LogP contribution in [0.15, 0.2) is 0 Å². The number of hydrogen-bond donors (Lipinski definition) is 1. The number of ether oxygens (including phenoxy) is 2. The van der Waals surface area contributed by atoms with Crippen molar-refractivity contribution >= 4 is 0 Å². The van der Waals surface area contributed by atoms with E-state index in [0.29, 0.717) is 12.7 Å². The Kier molecular flexibility index (Phi) is 22.8. The van der Waals surface area contributed by atoms with Gasteiger partial charge in [-0.1, -0.05) is 103 Å². The van der Waals surface area contributed by atoms with Crippen molar-refractivity contribution in [2.45, 2.75) is 123 Å². The second-order valence-corrected chi connectivity index (χ2v) is 7.78. The average Bonchev–Trinajstić information content (AvgIpc) is 3.54. The molecule has 0 radical (unpaired) electrons. The van der Waals surface area contributed by atoms with Crippen molar-refractivity contribution in [2.24, 2.45) is 0 Å². The minimum absolute atomic E-state index is 0.373. The highest BCUT2D eigenvalue weighted by molar-refractivity contribution is 4.58. The molecular formula is C23H48O3. The monoisotopic (exact) mass is 372 g/mol. The predicted octanol–water partition coefficient (Wildman–Crippen LogP) is 6.66. The van der Waals surface area contributed by atoms with Crippen molar-refractivity contribution < 1.29 is 14.6 Å². The topological polar surface area (TPSA) is 45.3 Å². The maximum absolute atomic E-state index is 8.67. The minimum Gasteiger partial charge on any atom is -0.396 e. The van der Waals surface area contributed by atoms with E-state index in [0.717, 1.165) is 26.2 Å². The summed E-state index contributed by atoms with van der Waals surface area (Å²) in [4.78, 5) is 0. The molecule has 2 saturated heterocycles. The van der Waals surface area contributed by atoms with Gasteiger partial charge in [0.1, 0.15) is 0 Å². The lowest BCUT2D eigenvalue weighted by atomic mass is 10.0. The molecule has 0 spiro atoms. The van der Waals surface area contributed by atoms with Crippen molar-refractivity contribution in [1.82, 2.24) is 0 Å². The van der Waals surface area contributed by atoms with E-state index in [1.807, 2.05) is 0 Å². The van der Waals surface area contributed by atoms with Crippen molar-refractivity contribution in [3.63, 3.8) is 0 Å². The minimum atomic E-state index is 0.373. The van der Waals surface area contributed by atoms with Gasteiger partial charge in [0.05, 0.1) is 25.9 Å². The molecule has 0 amide bonds. The molecule has 1 N–H and O–H groups in total. The Labute approximate surface area is 164 Å². The molecular weight excluding hydrogens is 324 g/mol. The van der Waals surface area contributed by atoms with E-state index in [1.165, 1.54) is 96.3 Å². The molecule has 0 aromatic rings. The zero-order valence-electron chi connectivity index (χ0n) is 18.0. The first-order chi connectivity index (χ1) is 12.8. The fourth-order valence-electron chi connectivity index (χ4n) is 2.76. The van der Waals surface area contributed by atoms with Gasteiger partial charge in [-0.05, 0) is 13.3 Å². The van der Waals surface area contributed by atoms with Gasteiger partial charge in [-0.25, -0.2) is 0 Å². The molecule has 2 fully saturated rings. The second kappa shape index (κ2) is 22.9. The number of unbranched alkanes of at least 4 members (excludes halogenated alkanes) is 15. The van der Waals surface area contributed by atoms with E-state index in [-0.39, 0.29) is 0 Å². The van der Waals surface area contributed by atoms with Crippen LogP contribution in [0, 0.1) is 0 Å². The maximum Gasteiger partial charge on any atom is 0.0781 e. The number of hydrogen-bond acceptors (Lipinski definition) is 3. The quantitative estimate of drug-likeness (QED) is 0.243. The van der Waals surface area contributed by atoms with Gasteiger partial charge < -0.3 is 14.6 Å². The third-order valence-electron chi connectivity index (χ3n) is 4.72. The second-order valence-electron chi connectivity index (χ2n) is 7.78. The van der Waals surface area contributed by atoms with Crippen molar-refractivity contribution in [3.05, 3.63) is 0 Å². The summed E-state index contributed by atoms with van der Waals surface area (Å²) in [7, 11) is 0. The first-order valence-corrected chi connectivity index (χ1v) is 11.6. The van der Waals surface area contributed by atoms with Crippen LogP contribution in [0.25, 0.3) is 0 Å². The zero-order chi connectivity index (χ0) is 19.1. The van der Waals surface area contributed by atoms with Crippen molar-refractivity contribution in [3.8, 4) is 0 Å². The molecule has 1 atom stereocenters. The Hall–Kier alpha value is -0.120. The molecule has 0 aromatic carbocycles. The Bertz CT molecular complexity index is 221. The molecule has 0 saturated carbocycles. The number of aliphatic hydroxyl groups is 1. The lowest BCUT2D eigenvalue weighted by molar-refractivity contribution is 0.282. The van der Waals surface area contributed by atoms with Gasteiger partial charge in [-0.2, -0.15) is 0 Å². The Morgan fingerprint density at radius 1 is 0.654 bits per heavy atom. The third-order valence-corrected chi connectivity index (χ3v) is 4.72. The molecule has 2 heterocycles. The molecule has 158 valence electrons. The van der Waals surface area contributed by atoms with Crippen LogP contribution in [0.2, 0.25) is 0 Å².